The van der Waals surface area contributed by atoms with Crippen LogP contribution in [0, 0.1) is 0 Å². The van der Waals surface area contributed by atoms with Gasteiger partial charge in [0, 0.05) is 38.9 Å². The van der Waals surface area contributed by atoms with Crippen LogP contribution in [-0.4, -0.2) is 45.0 Å². The first kappa shape index (κ1) is 17.1. The quantitative estimate of drug-likeness (QED) is 0.385. The SMILES string of the molecule is CCOCCCNC(=NC)NCc1cc(OC)ccc1O. The molecular formula is C15H25N3O3. The maximum Gasteiger partial charge on any atom is 0.191 e. The Balaban J connectivity index is 2.41. The maximum atomic E-state index is 9.82. The molecule has 0 aliphatic heterocycles. The van der Waals surface area contributed by atoms with E-state index in [9.17, 15) is 5.11 Å². The standard InChI is InChI=1S/C15H25N3O3/c1-4-21-9-5-8-17-15(16-2)18-11-12-10-13(20-3)6-7-14(12)19/h6-7,10,19H,4-5,8-9,11H2,1-3H3,(H2,16,17,18). The normalized spacial score (nSPS) is 11.3. The molecule has 6 heteroatoms. The van der Waals surface area contributed by atoms with Gasteiger partial charge in [0.1, 0.15) is 11.5 Å². The Bertz CT molecular complexity index is 450. The summed E-state index contributed by atoms with van der Waals surface area (Å²) in [5, 5.41) is 16.2. The number of rotatable bonds is 8. The van der Waals surface area contributed by atoms with Gasteiger partial charge < -0.3 is 25.2 Å². The van der Waals surface area contributed by atoms with Crippen LogP contribution < -0.4 is 15.4 Å². The molecule has 0 heterocycles. The van der Waals surface area contributed by atoms with Gasteiger partial charge in [-0.3, -0.25) is 4.99 Å². The van der Waals surface area contributed by atoms with Gasteiger partial charge in [-0.1, -0.05) is 0 Å². The molecule has 1 aromatic rings. The van der Waals surface area contributed by atoms with Crippen LogP contribution in [-0.2, 0) is 11.3 Å². The highest BCUT2D eigenvalue weighted by Crippen LogP contribution is 2.22. The van der Waals surface area contributed by atoms with Crippen LogP contribution in [0.5, 0.6) is 11.5 Å². The number of benzene rings is 1. The van der Waals surface area contributed by atoms with Gasteiger partial charge in [-0.25, -0.2) is 0 Å². The van der Waals surface area contributed by atoms with E-state index in [-0.39, 0.29) is 5.75 Å². The predicted octanol–water partition coefficient (Wildman–Crippen LogP) is 1.49. The minimum Gasteiger partial charge on any atom is -0.508 e. The molecule has 118 valence electrons. The smallest absolute Gasteiger partial charge is 0.191 e. The number of hydrogen-bond acceptors (Lipinski definition) is 4. The number of phenolic OH excluding ortho intramolecular Hbond substituents is 1. The highest BCUT2D eigenvalue weighted by atomic mass is 16.5. The number of nitrogens with one attached hydrogen (secondary N) is 2. The molecule has 0 saturated heterocycles. The van der Waals surface area contributed by atoms with Gasteiger partial charge in [-0.15, -0.1) is 0 Å². The second kappa shape index (κ2) is 9.88. The summed E-state index contributed by atoms with van der Waals surface area (Å²) in [5.41, 5.74) is 0.756. The first-order valence-electron chi connectivity index (χ1n) is 7.09. The summed E-state index contributed by atoms with van der Waals surface area (Å²) in [6.07, 6.45) is 0.916. The van der Waals surface area contributed by atoms with E-state index >= 15 is 0 Å². The number of phenols is 1. The summed E-state index contributed by atoms with van der Waals surface area (Å²) in [7, 11) is 3.31. The molecule has 0 aliphatic rings. The Kier molecular flexibility index (Phi) is 8.04. The number of guanidine groups is 1. The van der Waals surface area contributed by atoms with Crippen molar-refractivity contribution in [1.29, 1.82) is 0 Å². The summed E-state index contributed by atoms with van der Waals surface area (Å²) >= 11 is 0. The van der Waals surface area contributed by atoms with Crippen molar-refractivity contribution in [2.24, 2.45) is 4.99 Å². The molecule has 0 amide bonds. The molecule has 0 aliphatic carbocycles. The summed E-state index contributed by atoms with van der Waals surface area (Å²) in [6.45, 7) is 4.70. The van der Waals surface area contributed by atoms with E-state index in [4.69, 9.17) is 9.47 Å². The van der Waals surface area contributed by atoms with Crippen LogP contribution in [0.3, 0.4) is 0 Å². The zero-order chi connectivity index (χ0) is 15.5. The minimum absolute atomic E-state index is 0.232. The van der Waals surface area contributed by atoms with Crippen LogP contribution in [0.1, 0.15) is 18.9 Å². The molecule has 3 N–H and O–H groups in total. The molecule has 0 spiro atoms. The average Bonchev–Trinajstić information content (AvgIpc) is 2.51. The molecule has 0 atom stereocenters. The molecule has 21 heavy (non-hydrogen) atoms. The van der Waals surface area contributed by atoms with E-state index in [0.717, 1.165) is 31.7 Å². The lowest BCUT2D eigenvalue weighted by atomic mass is 10.2. The number of aromatic hydroxyl groups is 1. The van der Waals surface area contributed by atoms with Crippen molar-refractivity contribution >= 4 is 5.96 Å². The monoisotopic (exact) mass is 295 g/mol. The fourth-order valence-corrected chi connectivity index (χ4v) is 1.76. The molecule has 0 fully saturated rings. The molecular weight excluding hydrogens is 270 g/mol. The molecule has 0 bridgehead atoms. The highest BCUT2D eigenvalue weighted by Gasteiger charge is 2.04. The third kappa shape index (κ3) is 6.35. The van der Waals surface area contributed by atoms with E-state index in [1.165, 1.54) is 0 Å². The van der Waals surface area contributed by atoms with Gasteiger partial charge in [-0.2, -0.15) is 0 Å². The van der Waals surface area contributed by atoms with E-state index in [0.29, 0.717) is 18.3 Å². The average molecular weight is 295 g/mol. The van der Waals surface area contributed by atoms with E-state index < -0.39 is 0 Å². The van der Waals surface area contributed by atoms with Crippen LogP contribution in [0.15, 0.2) is 23.2 Å². The van der Waals surface area contributed by atoms with Gasteiger partial charge in [0.2, 0.25) is 0 Å². The van der Waals surface area contributed by atoms with Crippen LogP contribution in [0.4, 0.5) is 0 Å². The number of nitrogens with zero attached hydrogens (tertiary/aromatic N) is 1. The van der Waals surface area contributed by atoms with Crippen LogP contribution >= 0.6 is 0 Å². The number of hydrogen-bond donors (Lipinski definition) is 3. The second-order valence-corrected chi connectivity index (χ2v) is 4.40. The Morgan fingerprint density at radius 3 is 2.81 bits per heavy atom. The van der Waals surface area contributed by atoms with Crippen molar-refractivity contribution in [3.8, 4) is 11.5 Å². The van der Waals surface area contributed by atoms with Gasteiger partial charge in [0.05, 0.1) is 7.11 Å². The summed E-state index contributed by atoms with van der Waals surface area (Å²) in [4.78, 5) is 4.13. The Morgan fingerprint density at radius 1 is 1.33 bits per heavy atom. The van der Waals surface area contributed by atoms with Gasteiger partial charge in [0.25, 0.3) is 0 Å². The predicted molar refractivity (Wildman–Crippen MR) is 84.0 cm³/mol. The molecule has 0 unspecified atom stereocenters. The van der Waals surface area contributed by atoms with Crippen molar-refractivity contribution in [1.82, 2.24) is 10.6 Å². The first-order valence-corrected chi connectivity index (χ1v) is 7.09. The van der Waals surface area contributed by atoms with Gasteiger partial charge >= 0.3 is 0 Å². The van der Waals surface area contributed by atoms with Gasteiger partial charge in [0.15, 0.2) is 5.96 Å². The Labute approximate surface area is 126 Å². The molecule has 1 aromatic carbocycles. The van der Waals surface area contributed by atoms with Crippen molar-refractivity contribution in [2.75, 3.05) is 33.9 Å². The number of ether oxygens (including phenoxy) is 2. The van der Waals surface area contributed by atoms with Crippen LogP contribution in [0.25, 0.3) is 0 Å². The molecule has 0 radical (unpaired) electrons. The summed E-state index contributed by atoms with van der Waals surface area (Å²) < 4.78 is 10.4. The fraction of sp³-hybridized carbons (Fsp3) is 0.533. The highest BCUT2D eigenvalue weighted by molar-refractivity contribution is 5.79. The Hall–Kier alpha value is -1.95. The van der Waals surface area contributed by atoms with E-state index in [1.54, 1.807) is 32.4 Å². The lowest BCUT2D eigenvalue weighted by molar-refractivity contribution is 0.145. The molecule has 1 rings (SSSR count). The zero-order valence-electron chi connectivity index (χ0n) is 13.0. The maximum absolute atomic E-state index is 9.82. The molecule has 6 nitrogen and oxygen atoms in total. The number of aliphatic imine (C=N–C) groups is 1. The lowest BCUT2D eigenvalue weighted by Gasteiger charge is -2.13. The first-order chi connectivity index (χ1) is 10.2. The van der Waals surface area contributed by atoms with Crippen molar-refractivity contribution < 1.29 is 14.6 Å². The van der Waals surface area contributed by atoms with Crippen molar-refractivity contribution in [2.45, 2.75) is 19.9 Å². The zero-order valence-corrected chi connectivity index (χ0v) is 13.0. The second-order valence-electron chi connectivity index (χ2n) is 4.40. The number of methoxy groups -OCH3 is 1. The third-order valence-corrected chi connectivity index (χ3v) is 2.92. The van der Waals surface area contributed by atoms with Gasteiger partial charge in [-0.05, 0) is 31.5 Å². The van der Waals surface area contributed by atoms with Crippen molar-refractivity contribution in [3.63, 3.8) is 0 Å². The minimum atomic E-state index is 0.232. The van der Waals surface area contributed by atoms with E-state index in [2.05, 4.69) is 15.6 Å². The van der Waals surface area contributed by atoms with E-state index in [1.807, 2.05) is 6.92 Å². The molecule has 0 saturated carbocycles. The largest absolute Gasteiger partial charge is 0.508 e. The topological polar surface area (TPSA) is 75.1 Å². The lowest BCUT2D eigenvalue weighted by Crippen LogP contribution is -2.37. The summed E-state index contributed by atoms with van der Waals surface area (Å²) in [6, 6.07) is 5.14. The van der Waals surface area contributed by atoms with Crippen LogP contribution in [0.2, 0.25) is 0 Å². The third-order valence-electron chi connectivity index (χ3n) is 2.92. The fourth-order valence-electron chi connectivity index (χ4n) is 1.76. The Morgan fingerprint density at radius 2 is 2.14 bits per heavy atom. The summed E-state index contributed by atoms with van der Waals surface area (Å²) in [5.74, 6) is 1.63. The molecule has 0 aromatic heterocycles. The van der Waals surface area contributed by atoms with Crippen molar-refractivity contribution in [3.05, 3.63) is 23.8 Å².